The molecule has 3 nitrogen and oxygen atoms in total. The highest BCUT2D eigenvalue weighted by molar-refractivity contribution is 5.46. The van der Waals surface area contributed by atoms with Crippen LogP contribution in [0.2, 0.25) is 0 Å². The summed E-state index contributed by atoms with van der Waals surface area (Å²) < 4.78 is 5.25. The Morgan fingerprint density at radius 1 is 1.43 bits per heavy atom. The monoisotopic (exact) mass is 194 g/mol. The van der Waals surface area contributed by atoms with Gasteiger partial charge in [-0.15, -0.1) is 0 Å². The van der Waals surface area contributed by atoms with E-state index in [2.05, 4.69) is 31.2 Å². The largest absolute Gasteiger partial charge is 0.351 e. The van der Waals surface area contributed by atoms with Crippen LogP contribution < -0.4 is 5.32 Å². The van der Waals surface area contributed by atoms with Crippen LogP contribution in [0.1, 0.15) is 38.4 Å². The molecule has 1 aromatic heterocycles. The van der Waals surface area contributed by atoms with E-state index in [4.69, 9.17) is 4.52 Å². The van der Waals surface area contributed by atoms with Crippen LogP contribution in [0.4, 0.5) is 5.88 Å². The van der Waals surface area contributed by atoms with Crippen molar-refractivity contribution in [1.82, 2.24) is 5.16 Å². The average Bonchev–Trinajstić information content (AvgIpc) is 2.46. The molecule has 0 radical (unpaired) electrons. The number of nitrogens with zero attached hydrogens (tertiary/aromatic N) is 1. The van der Waals surface area contributed by atoms with E-state index in [1.807, 2.05) is 6.92 Å². The van der Waals surface area contributed by atoms with Gasteiger partial charge in [-0.05, 0) is 25.2 Å². The smallest absolute Gasteiger partial charge is 0.228 e. The van der Waals surface area contributed by atoms with Crippen LogP contribution in [0, 0.1) is 12.3 Å². The Morgan fingerprint density at radius 2 is 2.14 bits per heavy atom. The van der Waals surface area contributed by atoms with E-state index in [9.17, 15) is 0 Å². The Kier molecular flexibility index (Phi) is 2.05. The molecule has 78 valence electrons. The van der Waals surface area contributed by atoms with E-state index in [1.54, 1.807) is 0 Å². The molecule has 3 heteroatoms. The molecule has 1 unspecified atom stereocenters. The molecular weight excluding hydrogens is 176 g/mol. The Morgan fingerprint density at radius 3 is 2.79 bits per heavy atom. The van der Waals surface area contributed by atoms with Crippen molar-refractivity contribution in [2.75, 3.05) is 5.32 Å². The molecule has 0 fully saturated rings. The van der Waals surface area contributed by atoms with Gasteiger partial charge in [0.25, 0.3) is 0 Å². The maximum Gasteiger partial charge on any atom is 0.228 e. The molecule has 0 saturated carbocycles. The van der Waals surface area contributed by atoms with Crippen LogP contribution in [0.3, 0.4) is 0 Å². The lowest BCUT2D eigenvalue weighted by Crippen LogP contribution is -2.36. The van der Waals surface area contributed by atoms with Gasteiger partial charge in [-0.3, -0.25) is 0 Å². The highest BCUT2D eigenvalue weighted by Crippen LogP contribution is 2.34. The summed E-state index contributed by atoms with van der Waals surface area (Å²) in [5, 5.41) is 7.41. The van der Waals surface area contributed by atoms with Gasteiger partial charge in [0.2, 0.25) is 5.88 Å². The first-order chi connectivity index (χ1) is 6.48. The lowest BCUT2D eigenvalue weighted by atomic mass is 9.81. The number of anilines is 1. The lowest BCUT2D eigenvalue weighted by Gasteiger charge is -2.34. The van der Waals surface area contributed by atoms with Gasteiger partial charge in [-0.1, -0.05) is 25.9 Å². The molecule has 1 N–H and O–H groups in total. The third-order valence-corrected chi connectivity index (χ3v) is 3.02. The van der Waals surface area contributed by atoms with Gasteiger partial charge in [-0.2, -0.15) is 0 Å². The first-order valence-electron chi connectivity index (χ1n) is 5.20. The van der Waals surface area contributed by atoms with Crippen LogP contribution >= 0.6 is 0 Å². The fraction of sp³-hybridized carbons (Fsp3) is 0.727. The molecule has 0 aliphatic carbocycles. The fourth-order valence-corrected chi connectivity index (χ4v) is 1.97. The minimum absolute atomic E-state index is 0.276. The molecule has 0 bridgehead atoms. The standard InChI is InChI=1S/C11H18N2O/c1-7-8-5-6-9(11(2,3)4)12-10(8)14-13-7/h9,12H,5-6H2,1-4H3. The van der Waals surface area contributed by atoms with Crippen molar-refractivity contribution in [1.29, 1.82) is 0 Å². The number of hydrogen-bond acceptors (Lipinski definition) is 3. The number of hydrogen-bond donors (Lipinski definition) is 1. The Bertz CT molecular complexity index is 336. The number of aryl methyl sites for hydroxylation is 1. The Hall–Kier alpha value is -0.990. The molecule has 0 aromatic carbocycles. The lowest BCUT2D eigenvalue weighted by molar-refractivity contribution is 0.308. The topological polar surface area (TPSA) is 38.1 Å². The van der Waals surface area contributed by atoms with E-state index in [1.165, 1.54) is 12.0 Å². The molecule has 0 spiro atoms. The highest BCUT2D eigenvalue weighted by Gasteiger charge is 2.30. The Balaban J connectivity index is 2.22. The summed E-state index contributed by atoms with van der Waals surface area (Å²) in [5.41, 5.74) is 2.56. The van der Waals surface area contributed by atoms with Crippen LogP contribution in [-0.4, -0.2) is 11.2 Å². The van der Waals surface area contributed by atoms with Crippen LogP contribution in [0.15, 0.2) is 4.52 Å². The predicted molar refractivity (Wildman–Crippen MR) is 56.4 cm³/mol. The Labute approximate surface area is 84.9 Å². The average molecular weight is 194 g/mol. The van der Waals surface area contributed by atoms with Gasteiger partial charge in [0.05, 0.1) is 5.69 Å². The molecule has 2 heterocycles. The van der Waals surface area contributed by atoms with Gasteiger partial charge < -0.3 is 9.84 Å². The molecule has 0 saturated heterocycles. The SMILES string of the molecule is Cc1noc2c1CCC(C(C)(C)C)N2. The summed E-state index contributed by atoms with van der Waals surface area (Å²) in [4.78, 5) is 0. The van der Waals surface area contributed by atoms with E-state index >= 15 is 0 Å². The minimum atomic E-state index is 0.276. The molecular formula is C11H18N2O. The van der Waals surface area contributed by atoms with Crippen molar-refractivity contribution in [2.45, 2.75) is 46.6 Å². The maximum absolute atomic E-state index is 5.25. The van der Waals surface area contributed by atoms with Crippen molar-refractivity contribution < 1.29 is 4.52 Å². The quantitative estimate of drug-likeness (QED) is 0.690. The second kappa shape index (κ2) is 3.01. The van der Waals surface area contributed by atoms with E-state index in [0.29, 0.717) is 6.04 Å². The summed E-state index contributed by atoms with van der Waals surface area (Å²) in [7, 11) is 0. The van der Waals surface area contributed by atoms with Gasteiger partial charge in [0, 0.05) is 11.6 Å². The highest BCUT2D eigenvalue weighted by atomic mass is 16.5. The number of nitrogens with one attached hydrogen (secondary N) is 1. The summed E-state index contributed by atoms with van der Waals surface area (Å²) in [6.45, 7) is 8.75. The van der Waals surface area contributed by atoms with Crippen LogP contribution in [0.5, 0.6) is 0 Å². The minimum Gasteiger partial charge on any atom is -0.351 e. The first kappa shape index (κ1) is 9.56. The third-order valence-electron chi connectivity index (χ3n) is 3.02. The van der Waals surface area contributed by atoms with Crippen molar-refractivity contribution in [3.63, 3.8) is 0 Å². The predicted octanol–water partition coefficient (Wildman–Crippen LogP) is 2.76. The van der Waals surface area contributed by atoms with Crippen LogP contribution in [0.25, 0.3) is 0 Å². The number of aromatic nitrogens is 1. The van der Waals surface area contributed by atoms with Crippen molar-refractivity contribution in [3.05, 3.63) is 11.3 Å². The van der Waals surface area contributed by atoms with Crippen LogP contribution in [-0.2, 0) is 6.42 Å². The molecule has 1 aromatic rings. The van der Waals surface area contributed by atoms with E-state index in [0.717, 1.165) is 18.0 Å². The second-order valence-corrected chi connectivity index (χ2v) is 5.18. The van der Waals surface area contributed by atoms with Crippen molar-refractivity contribution in [2.24, 2.45) is 5.41 Å². The van der Waals surface area contributed by atoms with Gasteiger partial charge in [0.1, 0.15) is 0 Å². The van der Waals surface area contributed by atoms with Gasteiger partial charge in [-0.25, -0.2) is 0 Å². The summed E-state index contributed by atoms with van der Waals surface area (Å²) in [6, 6.07) is 0.488. The van der Waals surface area contributed by atoms with E-state index < -0.39 is 0 Å². The molecule has 1 aliphatic heterocycles. The summed E-state index contributed by atoms with van der Waals surface area (Å²) >= 11 is 0. The van der Waals surface area contributed by atoms with Gasteiger partial charge >= 0.3 is 0 Å². The second-order valence-electron chi connectivity index (χ2n) is 5.18. The third kappa shape index (κ3) is 1.51. The molecule has 0 amide bonds. The van der Waals surface area contributed by atoms with E-state index in [-0.39, 0.29) is 5.41 Å². The molecule has 1 aliphatic rings. The molecule has 1 atom stereocenters. The number of rotatable bonds is 0. The number of fused-ring (bicyclic) bond motifs is 1. The van der Waals surface area contributed by atoms with Crippen molar-refractivity contribution in [3.8, 4) is 0 Å². The van der Waals surface area contributed by atoms with Crippen molar-refractivity contribution >= 4 is 5.88 Å². The summed E-state index contributed by atoms with van der Waals surface area (Å²) in [6.07, 6.45) is 2.25. The normalized spacial score (nSPS) is 21.6. The zero-order valence-electron chi connectivity index (χ0n) is 9.35. The summed E-state index contributed by atoms with van der Waals surface area (Å²) in [5.74, 6) is 0.883. The first-order valence-corrected chi connectivity index (χ1v) is 5.20. The van der Waals surface area contributed by atoms with Gasteiger partial charge in [0.15, 0.2) is 0 Å². The fourth-order valence-electron chi connectivity index (χ4n) is 1.97. The molecule has 14 heavy (non-hydrogen) atoms. The zero-order chi connectivity index (χ0) is 10.3. The molecule has 2 rings (SSSR count). The maximum atomic E-state index is 5.25. The zero-order valence-corrected chi connectivity index (χ0v) is 9.35.